The SMILES string of the molecule is CNCc1cc(Br)ccc1OC(C)C(=O)NCC(C)C. The van der Waals surface area contributed by atoms with Crippen LogP contribution in [0.15, 0.2) is 22.7 Å². The van der Waals surface area contributed by atoms with E-state index in [1.54, 1.807) is 6.92 Å². The molecule has 1 aromatic carbocycles. The molecule has 20 heavy (non-hydrogen) atoms. The summed E-state index contributed by atoms with van der Waals surface area (Å²) < 4.78 is 6.77. The molecule has 1 aromatic rings. The molecule has 0 fully saturated rings. The first kappa shape index (κ1) is 17.0. The van der Waals surface area contributed by atoms with Crippen molar-refractivity contribution in [2.75, 3.05) is 13.6 Å². The van der Waals surface area contributed by atoms with E-state index in [-0.39, 0.29) is 5.91 Å². The molecule has 0 radical (unpaired) electrons. The van der Waals surface area contributed by atoms with Crippen LogP contribution in [0.1, 0.15) is 26.3 Å². The van der Waals surface area contributed by atoms with E-state index in [2.05, 4.69) is 40.4 Å². The number of hydrogen-bond donors (Lipinski definition) is 2. The predicted molar refractivity (Wildman–Crippen MR) is 84.8 cm³/mol. The Kier molecular flexibility index (Phi) is 7.02. The van der Waals surface area contributed by atoms with Gasteiger partial charge in [-0.3, -0.25) is 4.79 Å². The zero-order valence-corrected chi connectivity index (χ0v) is 14.1. The molecule has 1 amide bonds. The van der Waals surface area contributed by atoms with Crippen LogP contribution in [0.25, 0.3) is 0 Å². The van der Waals surface area contributed by atoms with Crippen LogP contribution in [0, 0.1) is 5.92 Å². The molecule has 0 aliphatic rings. The van der Waals surface area contributed by atoms with Gasteiger partial charge in [-0.05, 0) is 38.1 Å². The van der Waals surface area contributed by atoms with Gasteiger partial charge in [0, 0.05) is 23.1 Å². The van der Waals surface area contributed by atoms with E-state index < -0.39 is 6.10 Å². The Balaban J connectivity index is 2.69. The molecule has 0 aliphatic heterocycles. The van der Waals surface area contributed by atoms with Crippen molar-refractivity contribution in [2.45, 2.75) is 33.4 Å². The molecular weight excluding hydrogens is 320 g/mol. The summed E-state index contributed by atoms with van der Waals surface area (Å²) in [7, 11) is 1.88. The number of amides is 1. The third-order valence-electron chi connectivity index (χ3n) is 2.75. The van der Waals surface area contributed by atoms with Crippen molar-refractivity contribution in [3.8, 4) is 5.75 Å². The van der Waals surface area contributed by atoms with Crippen LogP contribution in [-0.2, 0) is 11.3 Å². The number of carbonyl (C=O) groups is 1. The van der Waals surface area contributed by atoms with Gasteiger partial charge in [0.15, 0.2) is 6.10 Å². The normalized spacial score (nSPS) is 12.3. The van der Waals surface area contributed by atoms with E-state index in [0.717, 1.165) is 15.8 Å². The minimum Gasteiger partial charge on any atom is -0.481 e. The fourth-order valence-electron chi connectivity index (χ4n) is 1.68. The summed E-state index contributed by atoms with van der Waals surface area (Å²) in [5.74, 6) is 1.07. The predicted octanol–water partition coefficient (Wildman–Crippen LogP) is 2.71. The van der Waals surface area contributed by atoms with Crippen molar-refractivity contribution in [1.29, 1.82) is 0 Å². The Labute approximate surface area is 129 Å². The van der Waals surface area contributed by atoms with Gasteiger partial charge >= 0.3 is 0 Å². The smallest absolute Gasteiger partial charge is 0.260 e. The number of hydrogen-bond acceptors (Lipinski definition) is 3. The molecule has 0 bridgehead atoms. The second kappa shape index (κ2) is 8.27. The number of rotatable bonds is 7. The zero-order chi connectivity index (χ0) is 15.1. The van der Waals surface area contributed by atoms with Gasteiger partial charge in [0.05, 0.1) is 0 Å². The molecule has 0 aromatic heterocycles. The van der Waals surface area contributed by atoms with Crippen LogP contribution in [0.4, 0.5) is 0 Å². The Morgan fingerprint density at radius 3 is 2.65 bits per heavy atom. The molecule has 0 saturated heterocycles. The van der Waals surface area contributed by atoms with E-state index in [4.69, 9.17) is 4.74 Å². The number of nitrogens with one attached hydrogen (secondary N) is 2. The van der Waals surface area contributed by atoms with Gasteiger partial charge in [0.1, 0.15) is 5.75 Å². The maximum atomic E-state index is 11.9. The Morgan fingerprint density at radius 2 is 2.05 bits per heavy atom. The second-order valence-electron chi connectivity index (χ2n) is 5.18. The second-order valence-corrected chi connectivity index (χ2v) is 6.10. The first-order valence-corrected chi connectivity index (χ1v) is 7.60. The van der Waals surface area contributed by atoms with Gasteiger partial charge < -0.3 is 15.4 Å². The fourth-order valence-corrected chi connectivity index (χ4v) is 2.09. The van der Waals surface area contributed by atoms with E-state index in [9.17, 15) is 4.79 Å². The summed E-state index contributed by atoms with van der Waals surface area (Å²) in [6.45, 7) is 7.24. The Hall–Kier alpha value is -1.07. The molecule has 2 N–H and O–H groups in total. The standard InChI is InChI=1S/C15H23BrN2O2/c1-10(2)8-18-15(19)11(3)20-14-6-5-13(16)7-12(14)9-17-4/h5-7,10-11,17H,8-9H2,1-4H3,(H,18,19). The molecule has 0 spiro atoms. The van der Waals surface area contributed by atoms with Crippen LogP contribution < -0.4 is 15.4 Å². The first-order chi connectivity index (χ1) is 9.43. The Morgan fingerprint density at radius 1 is 1.35 bits per heavy atom. The molecule has 5 heteroatoms. The van der Waals surface area contributed by atoms with Crippen molar-refractivity contribution in [3.05, 3.63) is 28.2 Å². The quantitative estimate of drug-likeness (QED) is 0.800. The highest BCUT2D eigenvalue weighted by atomic mass is 79.9. The number of carbonyl (C=O) groups excluding carboxylic acids is 1. The summed E-state index contributed by atoms with van der Waals surface area (Å²) in [5.41, 5.74) is 1.02. The third-order valence-corrected chi connectivity index (χ3v) is 3.24. The maximum absolute atomic E-state index is 11.9. The Bertz CT molecular complexity index is 449. The van der Waals surface area contributed by atoms with Crippen molar-refractivity contribution >= 4 is 21.8 Å². The van der Waals surface area contributed by atoms with Gasteiger partial charge in [-0.15, -0.1) is 0 Å². The lowest BCUT2D eigenvalue weighted by molar-refractivity contribution is -0.127. The molecule has 112 valence electrons. The summed E-state index contributed by atoms with van der Waals surface area (Å²) in [5, 5.41) is 5.97. The topological polar surface area (TPSA) is 50.4 Å². The van der Waals surface area contributed by atoms with Crippen LogP contribution in [0.5, 0.6) is 5.75 Å². The molecule has 1 unspecified atom stereocenters. The van der Waals surface area contributed by atoms with Crippen LogP contribution in [0.2, 0.25) is 0 Å². The summed E-state index contributed by atoms with van der Waals surface area (Å²) >= 11 is 3.44. The summed E-state index contributed by atoms with van der Waals surface area (Å²) in [6.07, 6.45) is -0.509. The highest BCUT2D eigenvalue weighted by Crippen LogP contribution is 2.24. The van der Waals surface area contributed by atoms with Crippen molar-refractivity contribution in [3.63, 3.8) is 0 Å². The summed E-state index contributed by atoms with van der Waals surface area (Å²) in [6, 6.07) is 5.78. The number of halogens is 1. The molecule has 4 nitrogen and oxygen atoms in total. The summed E-state index contributed by atoms with van der Waals surface area (Å²) in [4.78, 5) is 11.9. The molecule has 1 atom stereocenters. The van der Waals surface area contributed by atoms with Gasteiger partial charge in [-0.2, -0.15) is 0 Å². The minimum absolute atomic E-state index is 0.0861. The van der Waals surface area contributed by atoms with E-state index in [0.29, 0.717) is 19.0 Å². The van der Waals surface area contributed by atoms with E-state index >= 15 is 0 Å². The average Bonchev–Trinajstić information content (AvgIpc) is 2.39. The molecule has 1 rings (SSSR count). The van der Waals surface area contributed by atoms with Crippen LogP contribution in [0.3, 0.4) is 0 Å². The first-order valence-electron chi connectivity index (χ1n) is 6.81. The fraction of sp³-hybridized carbons (Fsp3) is 0.533. The van der Waals surface area contributed by atoms with E-state index in [1.165, 1.54) is 0 Å². The van der Waals surface area contributed by atoms with Gasteiger partial charge in [0.25, 0.3) is 5.91 Å². The van der Waals surface area contributed by atoms with Gasteiger partial charge in [0.2, 0.25) is 0 Å². The van der Waals surface area contributed by atoms with Crippen molar-refractivity contribution in [1.82, 2.24) is 10.6 Å². The third kappa shape index (κ3) is 5.51. The lowest BCUT2D eigenvalue weighted by atomic mass is 10.2. The lowest BCUT2D eigenvalue weighted by Crippen LogP contribution is -2.38. The average molecular weight is 343 g/mol. The van der Waals surface area contributed by atoms with Gasteiger partial charge in [-0.25, -0.2) is 0 Å². The molecule has 0 saturated carbocycles. The lowest BCUT2D eigenvalue weighted by Gasteiger charge is -2.18. The zero-order valence-electron chi connectivity index (χ0n) is 12.5. The highest BCUT2D eigenvalue weighted by Gasteiger charge is 2.16. The molecular formula is C15H23BrN2O2. The maximum Gasteiger partial charge on any atom is 0.260 e. The highest BCUT2D eigenvalue weighted by molar-refractivity contribution is 9.10. The van der Waals surface area contributed by atoms with Crippen molar-refractivity contribution in [2.24, 2.45) is 5.92 Å². The monoisotopic (exact) mass is 342 g/mol. The molecule has 0 heterocycles. The van der Waals surface area contributed by atoms with E-state index in [1.807, 2.05) is 25.2 Å². The number of ether oxygens (including phenoxy) is 1. The number of benzene rings is 1. The largest absolute Gasteiger partial charge is 0.481 e. The van der Waals surface area contributed by atoms with Crippen LogP contribution in [-0.4, -0.2) is 25.6 Å². The van der Waals surface area contributed by atoms with Gasteiger partial charge in [-0.1, -0.05) is 29.8 Å². The van der Waals surface area contributed by atoms with Crippen LogP contribution >= 0.6 is 15.9 Å². The molecule has 0 aliphatic carbocycles. The minimum atomic E-state index is -0.509. The van der Waals surface area contributed by atoms with Crippen molar-refractivity contribution < 1.29 is 9.53 Å².